The molecule has 0 unspecified atom stereocenters. The van der Waals surface area contributed by atoms with Crippen molar-refractivity contribution in [2.45, 2.75) is 12.6 Å². The molecule has 3 aromatic heterocycles. The van der Waals surface area contributed by atoms with Crippen molar-refractivity contribution in [2.24, 2.45) is 0 Å². The van der Waals surface area contributed by atoms with Gasteiger partial charge >= 0.3 is 6.18 Å². The summed E-state index contributed by atoms with van der Waals surface area (Å²) in [6, 6.07) is 6.14. The highest BCUT2D eigenvalue weighted by Crippen LogP contribution is 2.31. The fourth-order valence-corrected chi connectivity index (χ4v) is 3.56. The van der Waals surface area contributed by atoms with Gasteiger partial charge in [-0.25, -0.2) is 4.98 Å². The number of hydrogen-bond donors (Lipinski definition) is 0. The number of carbonyl (C=O) groups excluding carboxylic acids is 1. The van der Waals surface area contributed by atoms with Crippen LogP contribution in [0.5, 0.6) is 0 Å². The largest absolute Gasteiger partial charge is 0.417 e. The van der Waals surface area contributed by atoms with E-state index >= 15 is 0 Å². The molecule has 9 heteroatoms. The minimum absolute atomic E-state index is 0.0784. The molecule has 0 aliphatic carbocycles. The second-order valence-corrected chi connectivity index (χ2v) is 7.82. The standard InChI is InChI=1S/C22H22F3N5O/c1-29-4-6-30(7-5-29)14-19(31)9-18-10-21-15(12-27-18)2-3-20(28-21)16-8-17(13-26-11-16)22(23,24)25/h2-3,8,10-13H,4-7,9,14H2,1H3. The number of Topliss-reactive ketones (excluding diaryl/α,β-unsaturated/α-hetero) is 1. The normalized spacial score (nSPS) is 16.0. The second kappa shape index (κ2) is 8.68. The van der Waals surface area contributed by atoms with Crippen LogP contribution < -0.4 is 0 Å². The van der Waals surface area contributed by atoms with Crippen molar-refractivity contribution < 1.29 is 18.0 Å². The van der Waals surface area contributed by atoms with Gasteiger partial charge in [-0.2, -0.15) is 13.2 Å². The third-order valence-corrected chi connectivity index (χ3v) is 5.37. The molecular formula is C22H22F3N5O. The number of fused-ring (bicyclic) bond motifs is 1. The molecule has 4 heterocycles. The number of likely N-dealkylation sites (N-methyl/N-ethyl adjacent to an activating group) is 1. The summed E-state index contributed by atoms with van der Waals surface area (Å²) in [6.07, 6.45) is -0.501. The maximum atomic E-state index is 13.0. The molecular weight excluding hydrogens is 407 g/mol. The Hall–Kier alpha value is -2.91. The first-order valence-electron chi connectivity index (χ1n) is 9.99. The first-order valence-corrected chi connectivity index (χ1v) is 9.99. The molecule has 31 heavy (non-hydrogen) atoms. The zero-order valence-corrected chi connectivity index (χ0v) is 17.1. The van der Waals surface area contributed by atoms with Gasteiger partial charge in [0.2, 0.25) is 0 Å². The van der Waals surface area contributed by atoms with E-state index in [-0.39, 0.29) is 17.8 Å². The van der Waals surface area contributed by atoms with Gasteiger partial charge in [-0.05, 0) is 31.3 Å². The molecule has 162 valence electrons. The zero-order valence-electron chi connectivity index (χ0n) is 17.1. The van der Waals surface area contributed by atoms with Crippen LogP contribution in [0.3, 0.4) is 0 Å². The van der Waals surface area contributed by atoms with E-state index in [9.17, 15) is 18.0 Å². The lowest BCUT2D eigenvalue weighted by Gasteiger charge is -2.31. The van der Waals surface area contributed by atoms with Crippen molar-refractivity contribution >= 4 is 16.7 Å². The molecule has 1 fully saturated rings. The van der Waals surface area contributed by atoms with Gasteiger partial charge in [-0.3, -0.25) is 19.7 Å². The van der Waals surface area contributed by atoms with E-state index in [1.165, 1.54) is 6.20 Å². The van der Waals surface area contributed by atoms with E-state index in [2.05, 4.69) is 31.8 Å². The Morgan fingerprint density at radius 1 is 1.06 bits per heavy atom. The van der Waals surface area contributed by atoms with E-state index in [1.807, 2.05) is 0 Å². The molecule has 1 aliphatic rings. The predicted molar refractivity (Wildman–Crippen MR) is 110 cm³/mol. The van der Waals surface area contributed by atoms with E-state index in [4.69, 9.17) is 0 Å². The number of nitrogens with zero attached hydrogens (tertiary/aromatic N) is 5. The molecule has 6 nitrogen and oxygen atoms in total. The summed E-state index contributed by atoms with van der Waals surface area (Å²) in [5.74, 6) is 0.0784. The average Bonchev–Trinajstić information content (AvgIpc) is 2.74. The number of hydrogen-bond acceptors (Lipinski definition) is 6. The molecule has 0 amide bonds. The SMILES string of the molecule is CN1CCN(CC(=O)Cc2cc3nc(-c4cncc(C(F)(F)F)c4)ccc3cn2)CC1. The Bertz CT molecular complexity index is 1090. The maximum absolute atomic E-state index is 13.0. The molecule has 1 aliphatic heterocycles. The topological polar surface area (TPSA) is 62.2 Å². The van der Waals surface area contributed by atoms with Crippen molar-refractivity contribution in [2.75, 3.05) is 39.8 Å². The number of rotatable bonds is 5. The molecule has 3 aromatic rings. The molecule has 0 aromatic carbocycles. The maximum Gasteiger partial charge on any atom is 0.417 e. The molecule has 0 spiro atoms. The summed E-state index contributed by atoms with van der Waals surface area (Å²) >= 11 is 0. The minimum Gasteiger partial charge on any atom is -0.304 e. The highest BCUT2D eigenvalue weighted by Gasteiger charge is 2.31. The summed E-state index contributed by atoms with van der Waals surface area (Å²) < 4.78 is 39.0. The summed E-state index contributed by atoms with van der Waals surface area (Å²) in [7, 11) is 2.06. The van der Waals surface area contributed by atoms with Crippen LogP contribution in [0.15, 0.2) is 42.9 Å². The van der Waals surface area contributed by atoms with Gasteiger partial charge in [0.05, 0.1) is 29.7 Å². The number of ketones is 1. The van der Waals surface area contributed by atoms with Crippen LogP contribution in [0.2, 0.25) is 0 Å². The van der Waals surface area contributed by atoms with E-state index in [1.54, 1.807) is 24.4 Å². The minimum atomic E-state index is -4.47. The van der Waals surface area contributed by atoms with Gasteiger partial charge < -0.3 is 4.90 Å². The van der Waals surface area contributed by atoms with Gasteiger partial charge in [0, 0.05) is 61.4 Å². The van der Waals surface area contributed by atoms with Gasteiger partial charge in [0.15, 0.2) is 5.78 Å². The average molecular weight is 429 g/mol. The molecule has 1 saturated heterocycles. The number of alkyl halides is 3. The smallest absolute Gasteiger partial charge is 0.304 e. The van der Waals surface area contributed by atoms with Gasteiger partial charge in [0.1, 0.15) is 0 Å². The molecule has 0 bridgehead atoms. The van der Waals surface area contributed by atoms with Crippen molar-refractivity contribution in [1.82, 2.24) is 24.8 Å². The Kier molecular flexibility index (Phi) is 5.97. The summed E-state index contributed by atoms with van der Waals surface area (Å²) in [5.41, 5.74) is 1.01. The van der Waals surface area contributed by atoms with Crippen LogP contribution in [0.25, 0.3) is 22.2 Å². The van der Waals surface area contributed by atoms with Crippen LogP contribution >= 0.6 is 0 Å². The lowest BCUT2D eigenvalue weighted by Crippen LogP contribution is -2.46. The van der Waals surface area contributed by atoms with Crippen molar-refractivity contribution in [3.63, 3.8) is 0 Å². The Morgan fingerprint density at radius 3 is 2.58 bits per heavy atom. The highest BCUT2D eigenvalue weighted by molar-refractivity contribution is 5.85. The number of piperazine rings is 1. The van der Waals surface area contributed by atoms with Gasteiger partial charge in [-0.15, -0.1) is 0 Å². The molecule has 0 radical (unpaired) electrons. The van der Waals surface area contributed by atoms with E-state index in [0.29, 0.717) is 23.4 Å². The molecule has 4 rings (SSSR count). The predicted octanol–water partition coefficient (Wildman–Crippen LogP) is 3.07. The van der Waals surface area contributed by atoms with E-state index in [0.717, 1.165) is 43.8 Å². The number of halogens is 3. The van der Waals surface area contributed by atoms with Crippen molar-refractivity contribution in [3.05, 3.63) is 54.1 Å². The summed E-state index contributed by atoms with van der Waals surface area (Å²) in [6.45, 7) is 4.00. The number of carbonyl (C=O) groups is 1. The van der Waals surface area contributed by atoms with Gasteiger partial charge in [-0.1, -0.05) is 0 Å². The number of aromatic nitrogens is 3. The second-order valence-electron chi connectivity index (χ2n) is 7.82. The molecule has 0 saturated carbocycles. The summed E-state index contributed by atoms with van der Waals surface area (Å²) in [5, 5.41) is 0.749. The quantitative estimate of drug-likeness (QED) is 0.621. The fourth-order valence-electron chi connectivity index (χ4n) is 3.56. The lowest BCUT2D eigenvalue weighted by atomic mass is 10.1. The fraction of sp³-hybridized carbons (Fsp3) is 0.364. The van der Waals surface area contributed by atoms with Crippen molar-refractivity contribution in [3.8, 4) is 11.3 Å². The number of pyridine rings is 3. The Balaban J connectivity index is 1.52. The third-order valence-electron chi connectivity index (χ3n) is 5.37. The highest BCUT2D eigenvalue weighted by atomic mass is 19.4. The van der Waals surface area contributed by atoms with Crippen LogP contribution in [0.1, 0.15) is 11.3 Å². The summed E-state index contributed by atoms with van der Waals surface area (Å²) in [4.78, 5) is 29.4. The lowest BCUT2D eigenvalue weighted by molar-refractivity contribution is -0.137. The molecule has 0 atom stereocenters. The van der Waals surface area contributed by atoms with Crippen LogP contribution in [-0.4, -0.2) is 70.3 Å². The first kappa shape index (κ1) is 21.3. The van der Waals surface area contributed by atoms with E-state index < -0.39 is 11.7 Å². The van der Waals surface area contributed by atoms with Crippen LogP contribution in [-0.2, 0) is 17.4 Å². The molecule has 0 N–H and O–H groups in total. The zero-order chi connectivity index (χ0) is 22.0. The van der Waals surface area contributed by atoms with Crippen molar-refractivity contribution in [1.29, 1.82) is 0 Å². The Labute approximate surface area is 177 Å². The van der Waals surface area contributed by atoms with Crippen LogP contribution in [0.4, 0.5) is 13.2 Å². The third kappa shape index (κ3) is 5.23. The monoisotopic (exact) mass is 429 g/mol. The first-order chi connectivity index (χ1) is 14.8. The van der Waals surface area contributed by atoms with Crippen LogP contribution in [0, 0.1) is 0 Å². The van der Waals surface area contributed by atoms with Gasteiger partial charge in [0.25, 0.3) is 0 Å². The Morgan fingerprint density at radius 2 is 1.84 bits per heavy atom.